The summed E-state index contributed by atoms with van der Waals surface area (Å²) in [6.45, 7) is 5.85. The van der Waals surface area contributed by atoms with E-state index < -0.39 is 0 Å². The SMILES string of the molecule is Cc1ccc(C(=O)CN2CCN(C)CC2)cc1F. The lowest BCUT2D eigenvalue weighted by molar-refractivity contribution is 0.0876. The number of nitrogens with zero attached hydrogens (tertiary/aromatic N) is 2. The Bertz CT molecular complexity index is 439. The van der Waals surface area contributed by atoms with Crippen molar-refractivity contribution in [1.82, 2.24) is 9.80 Å². The van der Waals surface area contributed by atoms with Gasteiger partial charge in [-0.2, -0.15) is 0 Å². The molecular weight excluding hydrogens is 231 g/mol. The minimum Gasteiger partial charge on any atom is -0.304 e. The number of ketones is 1. The second kappa shape index (κ2) is 5.59. The fourth-order valence-electron chi connectivity index (χ4n) is 2.07. The molecule has 0 bridgehead atoms. The van der Waals surface area contributed by atoms with E-state index in [4.69, 9.17) is 0 Å². The van der Waals surface area contributed by atoms with Gasteiger partial charge in [-0.05, 0) is 25.6 Å². The number of hydrogen-bond acceptors (Lipinski definition) is 3. The van der Waals surface area contributed by atoms with E-state index in [-0.39, 0.29) is 11.6 Å². The summed E-state index contributed by atoms with van der Waals surface area (Å²) < 4.78 is 13.4. The molecule has 0 atom stereocenters. The van der Waals surface area contributed by atoms with Gasteiger partial charge in [-0.1, -0.05) is 12.1 Å². The zero-order valence-electron chi connectivity index (χ0n) is 10.9. The van der Waals surface area contributed by atoms with Gasteiger partial charge in [0.1, 0.15) is 5.82 Å². The summed E-state index contributed by atoms with van der Waals surface area (Å²) in [5, 5.41) is 0. The number of likely N-dealkylation sites (N-methyl/N-ethyl adjacent to an activating group) is 1. The first-order valence-electron chi connectivity index (χ1n) is 6.26. The monoisotopic (exact) mass is 250 g/mol. The van der Waals surface area contributed by atoms with Gasteiger partial charge < -0.3 is 4.90 Å². The number of aryl methyl sites for hydroxylation is 1. The van der Waals surface area contributed by atoms with Crippen molar-refractivity contribution in [2.75, 3.05) is 39.8 Å². The van der Waals surface area contributed by atoms with Crippen LogP contribution >= 0.6 is 0 Å². The molecule has 98 valence electrons. The van der Waals surface area contributed by atoms with E-state index in [9.17, 15) is 9.18 Å². The lowest BCUT2D eigenvalue weighted by Gasteiger charge is -2.31. The molecule has 2 rings (SSSR count). The van der Waals surface area contributed by atoms with Gasteiger partial charge in [0.2, 0.25) is 0 Å². The molecule has 0 amide bonds. The zero-order chi connectivity index (χ0) is 13.1. The molecule has 0 radical (unpaired) electrons. The predicted molar refractivity (Wildman–Crippen MR) is 69.4 cm³/mol. The van der Waals surface area contributed by atoms with Gasteiger partial charge in [-0.3, -0.25) is 9.69 Å². The maximum atomic E-state index is 13.4. The van der Waals surface area contributed by atoms with Crippen molar-refractivity contribution in [3.8, 4) is 0 Å². The molecule has 18 heavy (non-hydrogen) atoms. The Kier molecular flexibility index (Phi) is 4.09. The predicted octanol–water partition coefficient (Wildman–Crippen LogP) is 1.56. The molecule has 0 spiro atoms. The van der Waals surface area contributed by atoms with Gasteiger partial charge in [0.25, 0.3) is 0 Å². The molecule has 1 aliphatic heterocycles. The first-order chi connectivity index (χ1) is 8.56. The van der Waals surface area contributed by atoms with Gasteiger partial charge in [0.05, 0.1) is 6.54 Å². The smallest absolute Gasteiger partial charge is 0.176 e. The Labute approximate surface area is 107 Å². The number of benzene rings is 1. The number of Topliss-reactive ketones (excluding diaryl/α,β-unsaturated/α-hetero) is 1. The molecule has 0 aromatic heterocycles. The molecule has 1 heterocycles. The molecule has 1 saturated heterocycles. The highest BCUT2D eigenvalue weighted by Crippen LogP contribution is 2.11. The van der Waals surface area contributed by atoms with Gasteiger partial charge >= 0.3 is 0 Å². The average Bonchev–Trinajstić information content (AvgIpc) is 2.35. The molecule has 1 aliphatic rings. The van der Waals surface area contributed by atoms with E-state index in [0.29, 0.717) is 17.7 Å². The highest BCUT2D eigenvalue weighted by molar-refractivity contribution is 5.97. The van der Waals surface area contributed by atoms with Crippen LogP contribution in [-0.2, 0) is 0 Å². The number of rotatable bonds is 3. The van der Waals surface area contributed by atoms with Crippen molar-refractivity contribution in [2.24, 2.45) is 0 Å². The first kappa shape index (κ1) is 13.2. The van der Waals surface area contributed by atoms with Crippen LogP contribution in [0.1, 0.15) is 15.9 Å². The van der Waals surface area contributed by atoms with Gasteiger partial charge in [0, 0.05) is 31.7 Å². The molecule has 0 saturated carbocycles. The summed E-state index contributed by atoms with van der Waals surface area (Å²) in [6, 6.07) is 4.71. The molecule has 0 N–H and O–H groups in total. The molecule has 4 heteroatoms. The number of piperazine rings is 1. The molecule has 0 aliphatic carbocycles. The Balaban J connectivity index is 1.97. The third-order valence-corrected chi connectivity index (χ3v) is 3.46. The van der Waals surface area contributed by atoms with Crippen LogP contribution in [0, 0.1) is 12.7 Å². The van der Waals surface area contributed by atoms with Crippen LogP contribution in [-0.4, -0.2) is 55.4 Å². The summed E-state index contributed by atoms with van der Waals surface area (Å²) in [6.07, 6.45) is 0. The molecule has 0 unspecified atom stereocenters. The lowest BCUT2D eigenvalue weighted by Crippen LogP contribution is -2.46. The largest absolute Gasteiger partial charge is 0.304 e. The van der Waals surface area contributed by atoms with Crippen molar-refractivity contribution >= 4 is 5.78 Å². The van der Waals surface area contributed by atoms with E-state index in [0.717, 1.165) is 26.2 Å². The van der Waals surface area contributed by atoms with Crippen molar-refractivity contribution in [3.05, 3.63) is 35.1 Å². The van der Waals surface area contributed by atoms with Crippen molar-refractivity contribution in [2.45, 2.75) is 6.92 Å². The van der Waals surface area contributed by atoms with Crippen LogP contribution in [0.2, 0.25) is 0 Å². The Morgan fingerprint density at radius 3 is 2.56 bits per heavy atom. The summed E-state index contributed by atoms with van der Waals surface area (Å²) in [4.78, 5) is 16.4. The van der Waals surface area contributed by atoms with E-state index >= 15 is 0 Å². The second-order valence-electron chi connectivity index (χ2n) is 4.97. The fourth-order valence-corrected chi connectivity index (χ4v) is 2.07. The zero-order valence-corrected chi connectivity index (χ0v) is 10.9. The maximum absolute atomic E-state index is 13.4. The first-order valence-corrected chi connectivity index (χ1v) is 6.26. The highest BCUT2D eigenvalue weighted by Gasteiger charge is 2.17. The second-order valence-corrected chi connectivity index (χ2v) is 4.97. The number of halogens is 1. The Morgan fingerprint density at radius 2 is 1.94 bits per heavy atom. The molecule has 1 fully saturated rings. The Morgan fingerprint density at radius 1 is 1.28 bits per heavy atom. The third-order valence-electron chi connectivity index (χ3n) is 3.46. The van der Waals surface area contributed by atoms with Crippen LogP contribution in [0.15, 0.2) is 18.2 Å². The third kappa shape index (κ3) is 3.15. The van der Waals surface area contributed by atoms with Crippen LogP contribution in [0.5, 0.6) is 0 Å². The Hall–Kier alpha value is -1.26. The van der Waals surface area contributed by atoms with Gasteiger partial charge in [0.15, 0.2) is 5.78 Å². The topological polar surface area (TPSA) is 23.6 Å². The van der Waals surface area contributed by atoms with E-state index in [1.807, 2.05) is 0 Å². The fraction of sp³-hybridized carbons (Fsp3) is 0.500. The van der Waals surface area contributed by atoms with Crippen molar-refractivity contribution in [1.29, 1.82) is 0 Å². The van der Waals surface area contributed by atoms with Crippen LogP contribution in [0.25, 0.3) is 0 Å². The van der Waals surface area contributed by atoms with E-state index in [1.54, 1.807) is 19.1 Å². The summed E-state index contributed by atoms with van der Waals surface area (Å²) >= 11 is 0. The van der Waals surface area contributed by atoms with E-state index in [1.165, 1.54) is 6.07 Å². The van der Waals surface area contributed by atoms with Gasteiger partial charge in [-0.25, -0.2) is 4.39 Å². The molecular formula is C14H19FN2O. The van der Waals surface area contributed by atoms with Crippen molar-refractivity contribution < 1.29 is 9.18 Å². The van der Waals surface area contributed by atoms with Crippen LogP contribution < -0.4 is 0 Å². The minimum absolute atomic E-state index is 0.00143. The molecule has 1 aromatic carbocycles. The van der Waals surface area contributed by atoms with Crippen molar-refractivity contribution in [3.63, 3.8) is 0 Å². The lowest BCUT2D eigenvalue weighted by atomic mass is 10.1. The average molecular weight is 250 g/mol. The normalized spacial score (nSPS) is 17.9. The number of hydrogen-bond donors (Lipinski definition) is 0. The summed E-state index contributed by atoms with van der Waals surface area (Å²) in [7, 11) is 2.08. The highest BCUT2D eigenvalue weighted by atomic mass is 19.1. The quantitative estimate of drug-likeness (QED) is 0.761. The number of carbonyl (C=O) groups excluding carboxylic acids is 1. The summed E-state index contributed by atoms with van der Waals surface area (Å²) in [5.74, 6) is -0.308. The number of carbonyl (C=O) groups is 1. The minimum atomic E-state index is -0.306. The molecule has 1 aromatic rings. The van der Waals surface area contributed by atoms with Crippen LogP contribution in [0.4, 0.5) is 4.39 Å². The molecule has 3 nitrogen and oxygen atoms in total. The maximum Gasteiger partial charge on any atom is 0.176 e. The van der Waals surface area contributed by atoms with E-state index in [2.05, 4.69) is 16.8 Å². The summed E-state index contributed by atoms with van der Waals surface area (Å²) in [5.41, 5.74) is 1.04. The van der Waals surface area contributed by atoms with Crippen LogP contribution in [0.3, 0.4) is 0 Å². The van der Waals surface area contributed by atoms with Gasteiger partial charge in [-0.15, -0.1) is 0 Å². The standard InChI is InChI=1S/C14H19FN2O/c1-11-3-4-12(9-13(11)15)14(18)10-17-7-5-16(2)6-8-17/h3-4,9H,5-8,10H2,1-2H3.